The number of imide groups is 1. The molecule has 1 fully saturated rings. The van der Waals surface area contributed by atoms with Gasteiger partial charge in [0.1, 0.15) is 6.04 Å². The molecule has 2 rings (SSSR count). The zero-order chi connectivity index (χ0) is 33.2. The van der Waals surface area contributed by atoms with Crippen LogP contribution in [0.5, 0.6) is 0 Å². The minimum Gasteiger partial charge on any atom is -0.391 e. The van der Waals surface area contributed by atoms with Crippen LogP contribution < -0.4 is 21.3 Å². The summed E-state index contributed by atoms with van der Waals surface area (Å²) in [5.74, 6) is -1.30. The van der Waals surface area contributed by atoms with Crippen molar-refractivity contribution in [1.29, 1.82) is 0 Å². The lowest BCUT2D eigenvalue weighted by molar-refractivity contribution is -0.135. The van der Waals surface area contributed by atoms with E-state index in [1.807, 2.05) is 51.1 Å². The van der Waals surface area contributed by atoms with Crippen molar-refractivity contribution in [3.05, 3.63) is 35.9 Å². The van der Waals surface area contributed by atoms with Crippen molar-refractivity contribution in [2.75, 3.05) is 6.54 Å². The Morgan fingerprint density at radius 3 is 2.13 bits per heavy atom. The molecule has 1 aromatic rings. The predicted molar refractivity (Wildman–Crippen MR) is 179 cm³/mol. The Bertz CT molecular complexity index is 1030. The second-order valence-corrected chi connectivity index (χ2v) is 13.3. The molecule has 9 heteroatoms. The van der Waals surface area contributed by atoms with E-state index in [0.717, 1.165) is 56.9 Å². The summed E-state index contributed by atoms with van der Waals surface area (Å²) in [7, 11) is 0. The molecule has 9 nitrogen and oxygen atoms in total. The zero-order valence-corrected chi connectivity index (χ0v) is 28.4. The quantitative estimate of drug-likeness (QED) is 0.132. The summed E-state index contributed by atoms with van der Waals surface area (Å²) in [6.45, 7) is 10.1. The molecule has 4 amide bonds. The van der Waals surface area contributed by atoms with Gasteiger partial charge < -0.3 is 21.1 Å². The normalized spacial score (nSPS) is 17.1. The molecule has 0 bridgehead atoms. The van der Waals surface area contributed by atoms with Crippen LogP contribution in [0.4, 0.5) is 0 Å². The molecule has 1 saturated carbocycles. The van der Waals surface area contributed by atoms with Gasteiger partial charge in [-0.25, -0.2) is 0 Å². The SMILES string of the molecule is CCCCNC(=O)[C@@H](CC(O)[C@H](CC1CCCCC1)N[C@@H](CCCC)C(=O)NC(=O)[C@H](Cc1ccccc1)NC(C)=O)C(C)C. The van der Waals surface area contributed by atoms with Crippen LogP contribution in [0.25, 0.3) is 0 Å². The molecular weight excluding hydrogens is 568 g/mol. The van der Waals surface area contributed by atoms with Crippen molar-refractivity contribution in [2.24, 2.45) is 17.8 Å². The van der Waals surface area contributed by atoms with Crippen molar-refractivity contribution in [2.45, 2.75) is 142 Å². The van der Waals surface area contributed by atoms with Crippen molar-refractivity contribution in [3.8, 4) is 0 Å². The maximum atomic E-state index is 13.7. The Morgan fingerprint density at radius 2 is 1.53 bits per heavy atom. The summed E-state index contributed by atoms with van der Waals surface area (Å²) in [4.78, 5) is 52.1. The third-order valence-corrected chi connectivity index (χ3v) is 9.04. The van der Waals surface area contributed by atoms with Crippen LogP contribution in [0.2, 0.25) is 0 Å². The Labute approximate surface area is 271 Å². The summed E-state index contributed by atoms with van der Waals surface area (Å²) in [6, 6.07) is 7.35. The number of carbonyl (C=O) groups is 4. The molecule has 1 aliphatic carbocycles. The van der Waals surface area contributed by atoms with E-state index in [4.69, 9.17) is 0 Å². The first kappa shape index (κ1) is 38.4. The Morgan fingerprint density at radius 1 is 0.889 bits per heavy atom. The molecular formula is C36H60N4O5. The lowest BCUT2D eigenvalue weighted by Gasteiger charge is -2.34. The van der Waals surface area contributed by atoms with Gasteiger partial charge in [0.2, 0.25) is 23.6 Å². The van der Waals surface area contributed by atoms with Crippen molar-refractivity contribution >= 4 is 23.6 Å². The second kappa shape index (κ2) is 21.1. The highest BCUT2D eigenvalue weighted by Gasteiger charge is 2.34. The van der Waals surface area contributed by atoms with Crippen LogP contribution >= 0.6 is 0 Å². The maximum Gasteiger partial charge on any atom is 0.249 e. The third kappa shape index (κ3) is 14.5. The number of rotatable bonds is 20. The fourth-order valence-corrected chi connectivity index (χ4v) is 6.30. The molecule has 1 aliphatic rings. The molecule has 0 aliphatic heterocycles. The fourth-order valence-electron chi connectivity index (χ4n) is 6.30. The van der Waals surface area contributed by atoms with E-state index in [2.05, 4.69) is 28.2 Å². The minimum absolute atomic E-state index is 0.0396. The standard InChI is InChI=1S/C36H60N4O5/c1-6-8-20-30(35(44)40-36(45)32(38-26(5)41)23-28-18-14-11-15-19-28)39-31(22-27-16-12-10-13-17-27)33(42)24-29(25(3)4)34(43)37-21-9-7-2/h11,14-15,18-19,25,27,29-33,39,42H,6-10,12-13,16-17,20-24H2,1-5H3,(H,37,43)(H,38,41)(H,40,44,45)/t29-,30-,31-,32-,33?/m0/s1. The summed E-state index contributed by atoms with van der Waals surface area (Å²) >= 11 is 0. The average Bonchev–Trinajstić information content (AvgIpc) is 3.01. The van der Waals surface area contributed by atoms with E-state index in [9.17, 15) is 24.3 Å². The molecule has 5 atom stereocenters. The topological polar surface area (TPSA) is 137 Å². The third-order valence-electron chi connectivity index (χ3n) is 9.04. The van der Waals surface area contributed by atoms with E-state index in [1.165, 1.54) is 13.3 Å². The van der Waals surface area contributed by atoms with E-state index >= 15 is 0 Å². The Balaban J connectivity index is 2.24. The molecule has 45 heavy (non-hydrogen) atoms. The molecule has 0 saturated heterocycles. The van der Waals surface area contributed by atoms with Crippen LogP contribution in [0.1, 0.15) is 117 Å². The van der Waals surface area contributed by atoms with Crippen LogP contribution in [-0.4, -0.2) is 59.5 Å². The van der Waals surface area contributed by atoms with E-state index < -0.39 is 36.0 Å². The van der Waals surface area contributed by atoms with Gasteiger partial charge >= 0.3 is 0 Å². The smallest absolute Gasteiger partial charge is 0.249 e. The van der Waals surface area contributed by atoms with Crippen LogP contribution in [0, 0.1) is 17.8 Å². The molecule has 0 aromatic heterocycles. The van der Waals surface area contributed by atoms with Gasteiger partial charge in [-0.05, 0) is 43.1 Å². The first-order chi connectivity index (χ1) is 21.5. The molecule has 1 unspecified atom stereocenters. The number of amides is 4. The first-order valence-corrected chi connectivity index (χ1v) is 17.4. The van der Waals surface area contributed by atoms with Crippen LogP contribution in [-0.2, 0) is 25.6 Å². The molecule has 0 spiro atoms. The van der Waals surface area contributed by atoms with Crippen molar-refractivity contribution in [3.63, 3.8) is 0 Å². The number of aliphatic hydroxyl groups excluding tert-OH is 1. The van der Waals surface area contributed by atoms with Gasteiger partial charge in [-0.2, -0.15) is 0 Å². The molecule has 0 radical (unpaired) electrons. The zero-order valence-electron chi connectivity index (χ0n) is 28.4. The maximum absolute atomic E-state index is 13.7. The summed E-state index contributed by atoms with van der Waals surface area (Å²) in [6.07, 6.45) is 10.1. The van der Waals surface area contributed by atoms with Crippen LogP contribution in [0.3, 0.4) is 0 Å². The second-order valence-electron chi connectivity index (χ2n) is 13.3. The number of carbonyl (C=O) groups excluding carboxylic acids is 4. The highest BCUT2D eigenvalue weighted by atomic mass is 16.3. The number of benzene rings is 1. The lowest BCUT2D eigenvalue weighted by atomic mass is 9.80. The van der Waals surface area contributed by atoms with Crippen molar-refractivity contribution in [1.82, 2.24) is 21.3 Å². The molecule has 254 valence electrons. The summed E-state index contributed by atoms with van der Waals surface area (Å²) in [5, 5.41) is 23.4. The Kier molecular flexibility index (Phi) is 18.0. The van der Waals surface area contributed by atoms with E-state index in [0.29, 0.717) is 31.7 Å². The molecule has 0 heterocycles. The predicted octanol–water partition coefficient (Wildman–Crippen LogP) is 4.80. The Hall–Kier alpha value is -2.78. The largest absolute Gasteiger partial charge is 0.391 e. The number of unbranched alkanes of at least 4 members (excludes halogenated alkanes) is 2. The highest BCUT2D eigenvalue weighted by Crippen LogP contribution is 2.30. The van der Waals surface area contributed by atoms with Gasteiger partial charge in [-0.15, -0.1) is 0 Å². The molecule has 5 N–H and O–H groups in total. The highest BCUT2D eigenvalue weighted by molar-refractivity contribution is 6.01. The fraction of sp³-hybridized carbons (Fsp3) is 0.722. The van der Waals surface area contributed by atoms with Crippen LogP contribution in [0.15, 0.2) is 30.3 Å². The van der Waals surface area contributed by atoms with E-state index in [1.54, 1.807) is 0 Å². The number of nitrogens with one attached hydrogen (secondary N) is 4. The van der Waals surface area contributed by atoms with Gasteiger partial charge in [0, 0.05) is 31.8 Å². The van der Waals surface area contributed by atoms with Gasteiger partial charge in [0.05, 0.1) is 12.1 Å². The number of hydrogen-bond donors (Lipinski definition) is 5. The van der Waals surface area contributed by atoms with Gasteiger partial charge in [-0.1, -0.05) is 109 Å². The minimum atomic E-state index is -0.901. The first-order valence-electron chi connectivity index (χ1n) is 17.4. The monoisotopic (exact) mass is 628 g/mol. The molecule has 1 aromatic carbocycles. The number of hydrogen-bond acceptors (Lipinski definition) is 6. The lowest BCUT2D eigenvalue weighted by Crippen LogP contribution is -2.57. The van der Waals surface area contributed by atoms with Gasteiger partial charge in [0.25, 0.3) is 0 Å². The van der Waals surface area contributed by atoms with Crippen molar-refractivity contribution < 1.29 is 24.3 Å². The van der Waals surface area contributed by atoms with Gasteiger partial charge in [0.15, 0.2) is 0 Å². The number of aliphatic hydroxyl groups is 1. The average molecular weight is 629 g/mol. The summed E-state index contributed by atoms with van der Waals surface area (Å²) in [5.41, 5.74) is 0.869. The summed E-state index contributed by atoms with van der Waals surface area (Å²) < 4.78 is 0. The van der Waals surface area contributed by atoms with Gasteiger partial charge in [-0.3, -0.25) is 24.5 Å². The van der Waals surface area contributed by atoms with E-state index in [-0.39, 0.29) is 30.1 Å².